The maximum absolute atomic E-state index is 5.70. The number of anilines is 1. The van der Waals surface area contributed by atoms with E-state index in [1.165, 1.54) is 25.7 Å². The maximum Gasteiger partial charge on any atom is 0.223 e. The number of aromatic nitrogens is 3. The van der Waals surface area contributed by atoms with Crippen LogP contribution in [0.5, 0.6) is 0 Å². The van der Waals surface area contributed by atoms with Gasteiger partial charge in [-0.3, -0.25) is 0 Å². The molecular weight excluding hydrogens is 188 g/mol. The zero-order valence-corrected chi connectivity index (χ0v) is 9.24. The first-order valence-corrected chi connectivity index (χ1v) is 5.80. The van der Waals surface area contributed by atoms with E-state index >= 15 is 0 Å². The number of rotatable bonds is 3. The molecule has 1 aromatic heterocycles. The normalized spacial score (nSPS) is 17.1. The summed E-state index contributed by atoms with van der Waals surface area (Å²) in [5.74, 6) is 2.68. The van der Waals surface area contributed by atoms with Crippen LogP contribution >= 0.6 is 0 Å². The first-order valence-electron chi connectivity index (χ1n) is 5.80. The smallest absolute Gasteiger partial charge is 0.223 e. The predicted molar refractivity (Wildman–Crippen MR) is 59.4 cm³/mol. The highest BCUT2D eigenvalue weighted by atomic mass is 15.1. The molecular formula is C11H18N4. The molecule has 1 aromatic rings. The topological polar surface area (TPSA) is 64.7 Å². The van der Waals surface area contributed by atoms with Crippen LogP contribution in [0.25, 0.3) is 0 Å². The Hall–Kier alpha value is -1.19. The van der Waals surface area contributed by atoms with E-state index in [9.17, 15) is 0 Å². The Morgan fingerprint density at radius 2 is 1.93 bits per heavy atom. The quantitative estimate of drug-likeness (QED) is 0.822. The Labute approximate surface area is 90.3 Å². The van der Waals surface area contributed by atoms with Gasteiger partial charge in [0.25, 0.3) is 0 Å². The Kier molecular flexibility index (Phi) is 3.14. The second-order valence-corrected chi connectivity index (χ2v) is 4.20. The molecule has 2 N–H and O–H groups in total. The lowest BCUT2D eigenvalue weighted by atomic mass is 10.1. The lowest BCUT2D eigenvalue weighted by Gasteiger charge is -2.09. The second-order valence-electron chi connectivity index (χ2n) is 4.20. The molecule has 1 heterocycles. The van der Waals surface area contributed by atoms with Crippen LogP contribution in [0.15, 0.2) is 0 Å². The second kappa shape index (κ2) is 4.55. The van der Waals surface area contributed by atoms with Crippen LogP contribution in [-0.2, 0) is 6.42 Å². The van der Waals surface area contributed by atoms with Crippen molar-refractivity contribution in [3.63, 3.8) is 0 Å². The number of nitrogen functional groups attached to an aromatic ring is 1. The van der Waals surface area contributed by atoms with Crippen molar-refractivity contribution in [2.75, 3.05) is 5.73 Å². The van der Waals surface area contributed by atoms with Gasteiger partial charge in [0.15, 0.2) is 0 Å². The highest BCUT2D eigenvalue weighted by Gasteiger charge is 2.20. The highest BCUT2D eigenvalue weighted by molar-refractivity contribution is 5.18. The van der Waals surface area contributed by atoms with Crippen molar-refractivity contribution < 1.29 is 0 Å². The summed E-state index contributed by atoms with van der Waals surface area (Å²) in [5, 5.41) is 0. The monoisotopic (exact) mass is 206 g/mol. The molecule has 0 spiro atoms. The van der Waals surface area contributed by atoms with E-state index in [4.69, 9.17) is 5.73 Å². The average molecular weight is 206 g/mol. The molecule has 1 fully saturated rings. The Morgan fingerprint density at radius 3 is 2.60 bits per heavy atom. The summed E-state index contributed by atoms with van der Waals surface area (Å²) >= 11 is 0. The van der Waals surface area contributed by atoms with Crippen LogP contribution in [0.4, 0.5) is 5.95 Å². The van der Waals surface area contributed by atoms with E-state index in [-0.39, 0.29) is 0 Å². The molecule has 0 unspecified atom stereocenters. The lowest BCUT2D eigenvalue weighted by molar-refractivity contribution is 0.648. The van der Waals surface area contributed by atoms with Gasteiger partial charge in [0.1, 0.15) is 11.6 Å². The van der Waals surface area contributed by atoms with Gasteiger partial charge < -0.3 is 5.73 Å². The van der Waals surface area contributed by atoms with Crippen molar-refractivity contribution in [3.05, 3.63) is 11.6 Å². The first kappa shape index (κ1) is 10.3. The number of nitrogens with two attached hydrogens (primary N) is 1. The molecule has 1 aliphatic rings. The molecule has 4 heteroatoms. The summed E-state index contributed by atoms with van der Waals surface area (Å²) in [6.07, 6.45) is 6.93. The van der Waals surface area contributed by atoms with E-state index in [1.807, 2.05) is 0 Å². The molecule has 0 radical (unpaired) electrons. The van der Waals surface area contributed by atoms with Crippen LogP contribution in [0.2, 0.25) is 0 Å². The lowest BCUT2D eigenvalue weighted by Crippen LogP contribution is -2.09. The van der Waals surface area contributed by atoms with Gasteiger partial charge in [-0.25, -0.2) is 4.98 Å². The van der Waals surface area contributed by atoms with Crippen molar-refractivity contribution in [1.29, 1.82) is 0 Å². The van der Waals surface area contributed by atoms with Crippen LogP contribution in [0, 0.1) is 0 Å². The summed E-state index contributed by atoms with van der Waals surface area (Å²) < 4.78 is 0. The minimum Gasteiger partial charge on any atom is -0.368 e. The fourth-order valence-electron chi connectivity index (χ4n) is 2.16. The number of nitrogens with zero attached hydrogens (tertiary/aromatic N) is 3. The number of aryl methyl sites for hydroxylation is 1. The fourth-order valence-corrected chi connectivity index (χ4v) is 2.16. The highest BCUT2D eigenvalue weighted by Crippen LogP contribution is 2.32. The standard InChI is InChI=1S/C11H18N4/c1-2-5-9-13-10(15-11(12)14-9)8-6-3-4-7-8/h8H,2-7H2,1H3,(H2,12,13,14,15). The van der Waals surface area contributed by atoms with Gasteiger partial charge in [0.05, 0.1) is 0 Å². The van der Waals surface area contributed by atoms with Crippen LogP contribution in [0.3, 0.4) is 0 Å². The van der Waals surface area contributed by atoms with Gasteiger partial charge in [-0.15, -0.1) is 0 Å². The third kappa shape index (κ3) is 2.43. The molecule has 0 aliphatic heterocycles. The summed E-state index contributed by atoms with van der Waals surface area (Å²) in [4.78, 5) is 12.9. The minimum atomic E-state index is 0.385. The molecule has 15 heavy (non-hydrogen) atoms. The van der Waals surface area contributed by atoms with Crippen molar-refractivity contribution in [2.45, 2.75) is 51.4 Å². The number of hydrogen-bond donors (Lipinski definition) is 1. The maximum atomic E-state index is 5.70. The molecule has 82 valence electrons. The third-order valence-corrected chi connectivity index (χ3v) is 2.91. The summed E-state index contributed by atoms with van der Waals surface area (Å²) in [6.45, 7) is 2.12. The van der Waals surface area contributed by atoms with Crippen molar-refractivity contribution in [1.82, 2.24) is 15.0 Å². The zero-order chi connectivity index (χ0) is 10.7. The van der Waals surface area contributed by atoms with Gasteiger partial charge in [0, 0.05) is 12.3 Å². The first-order chi connectivity index (χ1) is 7.29. The molecule has 1 aliphatic carbocycles. The largest absolute Gasteiger partial charge is 0.368 e. The summed E-state index contributed by atoms with van der Waals surface area (Å²) in [7, 11) is 0. The SMILES string of the molecule is CCCc1nc(N)nc(C2CCCC2)n1. The van der Waals surface area contributed by atoms with Gasteiger partial charge in [-0.05, 0) is 19.3 Å². The van der Waals surface area contributed by atoms with E-state index < -0.39 is 0 Å². The van der Waals surface area contributed by atoms with Crippen molar-refractivity contribution in [3.8, 4) is 0 Å². The Balaban J connectivity index is 2.22. The van der Waals surface area contributed by atoms with Crippen molar-refractivity contribution in [2.24, 2.45) is 0 Å². The number of hydrogen-bond acceptors (Lipinski definition) is 4. The van der Waals surface area contributed by atoms with E-state index in [0.29, 0.717) is 11.9 Å². The van der Waals surface area contributed by atoms with Crippen molar-refractivity contribution >= 4 is 5.95 Å². The summed E-state index contributed by atoms with van der Waals surface area (Å²) in [6, 6.07) is 0. The molecule has 4 nitrogen and oxygen atoms in total. The molecule has 0 bridgehead atoms. The minimum absolute atomic E-state index is 0.385. The summed E-state index contributed by atoms with van der Waals surface area (Å²) in [5.41, 5.74) is 5.70. The zero-order valence-electron chi connectivity index (χ0n) is 9.24. The molecule has 0 amide bonds. The fraction of sp³-hybridized carbons (Fsp3) is 0.727. The van der Waals surface area contributed by atoms with E-state index in [2.05, 4.69) is 21.9 Å². The average Bonchev–Trinajstić information content (AvgIpc) is 2.70. The van der Waals surface area contributed by atoms with Crippen LogP contribution < -0.4 is 5.73 Å². The molecule has 2 rings (SSSR count). The van der Waals surface area contributed by atoms with Gasteiger partial charge >= 0.3 is 0 Å². The predicted octanol–water partition coefficient (Wildman–Crippen LogP) is 2.06. The third-order valence-electron chi connectivity index (χ3n) is 2.91. The Morgan fingerprint density at radius 1 is 1.20 bits per heavy atom. The van der Waals surface area contributed by atoms with Gasteiger partial charge in [-0.1, -0.05) is 19.8 Å². The molecule has 0 atom stereocenters. The van der Waals surface area contributed by atoms with E-state index in [1.54, 1.807) is 0 Å². The van der Waals surface area contributed by atoms with Gasteiger partial charge in [-0.2, -0.15) is 9.97 Å². The Bertz CT molecular complexity index is 331. The van der Waals surface area contributed by atoms with E-state index in [0.717, 1.165) is 24.5 Å². The molecule has 1 saturated carbocycles. The van der Waals surface area contributed by atoms with Gasteiger partial charge in [0.2, 0.25) is 5.95 Å². The molecule has 0 saturated heterocycles. The molecule has 0 aromatic carbocycles. The van der Waals surface area contributed by atoms with Crippen LogP contribution in [-0.4, -0.2) is 15.0 Å². The van der Waals surface area contributed by atoms with Crippen LogP contribution in [0.1, 0.15) is 56.6 Å².